The number of alkyl halides is 3. The summed E-state index contributed by atoms with van der Waals surface area (Å²) in [7, 11) is 0. The van der Waals surface area contributed by atoms with Crippen LogP contribution in [0.4, 0.5) is 24.7 Å². The van der Waals surface area contributed by atoms with Crippen molar-refractivity contribution >= 4 is 17.3 Å². The highest BCUT2D eigenvalue weighted by molar-refractivity contribution is 5.65. The van der Waals surface area contributed by atoms with Gasteiger partial charge in [-0.2, -0.15) is 9.50 Å². The van der Waals surface area contributed by atoms with Gasteiger partial charge in [-0.05, 0) is 62.1 Å². The first-order chi connectivity index (χ1) is 14.5. The van der Waals surface area contributed by atoms with E-state index in [0.717, 1.165) is 36.9 Å². The highest BCUT2D eigenvalue weighted by Crippen LogP contribution is 2.31. The predicted octanol–water partition coefficient (Wildman–Crippen LogP) is 4.91. The second-order valence-electron chi connectivity index (χ2n) is 6.91. The quantitative estimate of drug-likeness (QED) is 0.511. The summed E-state index contributed by atoms with van der Waals surface area (Å²) in [5, 5.41) is 7.82. The summed E-state index contributed by atoms with van der Waals surface area (Å²) >= 11 is 0. The number of halogens is 3. The van der Waals surface area contributed by atoms with Gasteiger partial charge in [-0.1, -0.05) is 0 Å². The summed E-state index contributed by atoms with van der Waals surface area (Å²) in [6.45, 7) is 0. The molecule has 0 unspecified atom stereocenters. The number of rotatable bonds is 4. The summed E-state index contributed by atoms with van der Waals surface area (Å²) in [5.41, 5.74) is 2.58. The summed E-state index contributed by atoms with van der Waals surface area (Å²) in [6.07, 6.45) is 0.538. The number of nitrogens with zero attached hydrogens (tertiary/aromatic N) is 4. The molecule has 30 heavy (non-hydrogen) atoms. The lowest BCUT2D eigenvalue weighted by Crippen LogP contribution is -2.17. The number of ether oxygens (including phenoxy) is 1. The van der Waals surface area contributed by atoms with Crippen LogP contribution in [0.5, 0.6) is 5.75 Å². The highest BCUT2D eigenvalue weighted by Gasteiger charge is 2.31. The van der Waals surface area contributed by atoms with E-state index in [1.54, 1.807) is 22.9 Å². The molecule has 0 amide bonds. The minimum Gasteiger partial charge on any atom is -0.461 e. The van der Waals surface area contributed by atoms with Crippen molar-refractivity contribution in [2.24, 2.45) is 0 Å². The van der Waals surface area contributed by atoms with Crippen molar-refractivity contribution in [3.05, 3.63) is 53.9 Å². The van der Waals surface area contributed by atoms with Gasteiger partial charge in [-0.15, -0.1) is 18.3 Å². The van der Waals surface area contributed by atoms with Gasteiger partial charge in [0.15, 0.2) is 5.76 Å². The fraction of sp³-hybridized carbons (Fsp3) is 0.250. The zero-order valence-electron chi connectivity index (χ0n) is 15.6. The molecule has 7 nitrogen and oxygen atoms in total. The minimum absolute atomic E-state index is 0.282. The molecule has 1 aromatic carbocycles. The molecule has 0 saturated heterocycles. The Balaban J connectivity index is 1.55. The molecule has 1 aliphatic rings. The van der Waals surface area contributed by atoms with E-state index in [1.807, 2.05) is 0 Å². The molecule has 3 aromatic heterocycles. The summed E-state index contributed by atoms with van der Waals surface area (Å²) < 4.78 is 48.1. The Morgan fingerprint density at radius 3 is 2.57 bits per heavy atom. The molecule has 0 bridgehead atoms. The molecule has 0 radical (unpaired) electrons. The molecule has 1 N–H and O–H groups in total. The third kappa shape index (κ3) is 3.56. The van der Waals surface area contributed by atoms with Crippen molar-refractivity contribution in [2.45, 2.75) is 32.0 Å². The maximum atomic E-state index is 12.4. The summed E-state index contributed by atoms with van der Waals surface area (Å²) in [5.74, 6) is 1.78. The third-order valence-corrected chi connectivity index (χ3v) is 4.85. The normalized spacial score (nSPS) is 14.0. The SMILES string of the molecule is FC(F)(F)Oc1ccc(Nc2c3c(nc4nc(-c5ccco5)nn24)CCCC3)cc1. The first-order valence-corrected chi connectivity index (χ1v) is 9.41. The highest BCUT2D eigenvalue weighted by atomic mass is 19.4. The van der Waals surface area contributed by atoms with Crippen molar-refractivity contribution < 1.29 is 22.3 Å². The van der Waals surface area contributed by atoms with Gasteiger partial charge in [0.25, 0.3) is 5.78 Å². The maximum Gasteiger partial charge on any atom is 0.573 e. The van der Waals surface area contributed by atoms with Crippen LogP contribution in [0.2, 0.25) is 0 Å². The average Bonchev–Trinajstić information content (AvgIpc) is 3.37. The van der Waals surface area contributed by atoms with Gasteiger partial charge in [0, 0.05) is 11.3 Å². The molecule has 4 aromatic rings. The molecule has 0 atom stereocenters. The molecule has 0 spiro atoms. The van der Waals surface area contributed by atoms with Crippen LogP contribution < -0.4 is 10.1 Å². The van der Waals surface area contributed by atoms with E-state index in [1.165, 1.54) is 24.3 Å². The molecule has 5 rings (SSSR count). The number of anilines is 2. The minimum atomic E-state index is -4.73. The Hall–Kier alpha value is -3.56. The van der Waals surface area contributed by atoms with E-state index in [0.29, 0.717) is 28.9 Å². The standard InChI is InChI=1S/C20H16F3N5O2/c21-20(22,23)30-13-9-7-12(8-10-13)24-18-14-4-1-2-5-15(14)25-19-26-17(27-28(18)19)16-6-3-11-29-16/h3,6-11,24H,1-2,4-5H2. The van der Waals surface area contributed by atoms with Crippen LogP contribution in [0.3, 0.4) is 0 Å². The molecule has 0 aliphatic heterocycles. The number of aryl methyl sites for hydroxylation is 1. The lowest BCUT2D eigenvalue weighted by Gasteiger charge is -2.20. The molecule has 154 valence electrons. The summed E-state index contributed by atoms with van der Waals surface area (Å²) in [6, 6.07) is 9.08. The number of hydrogen-bond donors (Lipinski definition) is 1. The van der Waals surface area contributed by atoms with Gasteiger partial charge < -0.3 is 14.5 Å². The van der Waals surface area contributed by atoms with Crippen LogP contribution in [0.1, 0.15) is 24.1 Å². The van der Waals surface area contributed by atoms with Crippen molar-refractivity contribution in [1.29, 1.82) is 0 Å². The topological polar surface area (TPSA) is 77.5 Å². The van der Waals surface area contributed by atoms with Crippen LogP contribution >= 0.6 is 0 Å². The average molecular weight is 415 g/mol. The van der Waals surface area contributed by atoms with Crippen molar-refractivity contribution in [1.82, 2.24) is 19.6 Å². The van der Waals surface area contributed by atoms with Crippen LogP contribution in [0.25, 0.3) is 17.4 Å². The Morgan fingerprint density at radius 2 is 1.83 bits per heavy atom. The number of nitrogens with one attached hydrogen (secondary N) is 1. The fourth-order valence-electron chi connectivity index (χ4n) is 3.56. The first-order valence-electron chi connectivity index (χ1n) is 9.41. The van der Waals surface area contributed by atoms with E-state index < -0.39 is 6.36 Å². The molecular formula is C20H16F3N5O2. The van der Waals surface area contributed by atoms with E-state index in [9.17, 15) is 13.2 Å². The van der Waals surface area contributed by atoms with Crippen molar-refractivity contribution in [3.63, 3.8) is 0 Å². The number of furan rings is 1. The molecule has 3 heterocycles. The van der Waals surface area contributed by atoms with Crippen molar-refractivity contribution in [3.8, 4) is 17.3 Å². The van der Waals surface area contributed by atoms with E-state index in [4.69, 9.17) is 4.42 Å². The van der Waals surface area contributed by atoms with Crippen LogP contribution in [0, 0.1) is 0 Å². The van der Waals surface area contributed by atoms with Gasteiger partial charge in [-0.25, -0.2) is 4.98 Å². The third-order valence-electron chi connectivity index (χ3n) is 4.85. The molecule has 0 fully saturated rings. The Morgan fingerprint density at radius 1 is 1.03 bits per heavy atom. The number of hydrogen-bond acceptors (Lipinski definition) is 6. The molecular weight excluding hydrogens is 399 g/mol. The summed E-state index contributed by atoms with van der Waals surface area (Å²) in [4.78, 5) is 9.15. The second kappa shape index (κ2) is 7.05. The fourth-order valence-corrected chi connectivity index (χ4v) is 3.56. The second-order valence-corrected chi connectivity index (χ2v) is 6.91. The number of aromatic nitrogens is 4. The van der Waals surface area contributed by atoms with Gasteiger partial charge in [-0.3, -0.25) is 0 Å². The van der Waals surface area contributed by atoms with Gasteiger partial charge in [0.1, 0.15) is 11.6 Å². The van der Waals surface area contributed by atoms with Gasteiger partial charge in [0.05, 0.1) is 12.0 Å². The van der Waals surface area contributed by atoms with Crippen molar-refractivity contribution in [2.75, 3.05) is 5.32 Å². The molecule has 1 aliphatic carbocycles. The largest absolute Gasteiger partial charge is 0.573 e. The Kier molecular flexibility index (Phi) is 4.34. The van der Waals surface area contributed by atoms with Crippen LogP contribution in [-0.2, 0) is 12.8 Å². The van der Waals surface area contributed by atoms with E-state index in [2.05, 4.69) is 25.1 Å². The van der Waals surface area contributed by atoms with E-state index >= 15 is 0 Å². The number of fused-ring (bicyclic) bond motifs is 2. The van der Waals surface area contributed by atoms with Crippen LogP contribution in [-0.4, -0.2) is 25.9 Å². The lowest BCUT2D eigenvalue weighted by molar-refractivity contribution is -0.274. The van der Waals surface area contributed by atoms with Gasteiger partial charge >= 0.3 is 6.36 Å². The molecule has 0 saturated carbocycles. The number of benzene rings is 1. The monoisotopic (exact) mass is 415 g/mol. The van der Waals surface area contributed by atoms with Gasteiger partial charge in [0.2, 0.25) is 5.82 Å². The molecule has 10 heteroatoms. The lowest BCUT2D eigenvalue weighted by atomic mass is 9.96. The Labute approximate surface area is 168 Å². The maximum absolute atomic E-state index is 12.4. The smallest absolute Gasteiger partial charge is 0.461 e. The zero-order chi connectivity index (χ0) is 20.7. The van der Waals surface area contributed by atoms with E-state index in [-0.39, 0.29) is 5.75 Å². The van der Waals surface area contributed by atoms with Crippen LogP contribution in [0.15, 0.2) is 47.1 Å². The Bertz CT molecular complexity index is 1180. The first kappa shape index (κ1) is 18.5. The zero-order valence-corrected chi connectivity index (χ0v) is 15.6. The predicted molar refractivity (Wildman–Crippen MR) is 102 cm³/mol.